The predicted octanol–water partition coefficient (Wildman–Crippen LogP) is 2.18. The van der Waals surface area contributed by atoms with Crippen LogP contribution in [0.2, 0.25) is 0 Å². The van der Waals surface area contributed by atoms with E-state index >= 15 is 0 Å². The molecule has 13 heteroatoms. The Morgan fingerprint density at radius 2 is 1.94 bits per heavy atom. The van der Waals surface area contributed by atoms with Gasteiger partial charge in [-0.25, -0.2) is 15.0 Å². The zero-order valence-corrected chi connectivity index (χ0v) is 18.5. The van der Waals surface area contributed by atoms with Crippen molar-refractivity contribution in [1.82, 2.24) is 30.3 Å². The van der Waals surface area contributed by atoms with E-state index in [9.17, 15) is 27.9 Å². The first-order valence-electron chi connectivity index (χ1n) is 9.96. The Balaban J connectivity index is 1.81. The van der Waals surface area contributed by atoms with Crippen molar-refractivity contribution in [3.63, 3.8) is 0 Å². The van der Waals surface area contributed by atoms with Gasteiger partial charge in [-0.05, 0) is 23.8 Å². The number of anilines is 1. The van der Waals surface area contributed by atoms with Crippen molar-refractivity contribution in [2.24, 2.45) is 0 Å². The molecule has 0 aliphatic heterocycles. The lowest BCUT2D eigenvalue weighted by atomic mass is 10.0. The van der Waals surface area contributed by atoms with Gasteiger partial charge in [0.1, 0.15) is 12.0 Å². The number of hydrogen-bond donors (Lipinski definition) is 3. The minimum atomic E-state index is -4.55. The molecule has 10 nitrogen and oxygen atoms in total. The third-order valence-corrected chi connectivity index (χ3v) is 4.74. The second-order valence-electron chi connectivity index (χ2n) is 7.42. The maximum absolute atomic E-state index is 13.0. The molecule has 2 amide bonds. The Morgan fingerprint density at radius 1 is 1.21 bits per heavy atom. The maximum Gasteiger partial charge on any atom is 0.416 e. The van der Waals surface area contributed by atoms with Crippen molar-refractivity contribution >= 4 is 17.8 Å². The molecule has 0 saturated carbocycles. The quantitative estimate of drug-likeness (QED) is 0.445. The number of carbonyl (C=O) groups excluding carboxylic acids is 2. The third-order valence-electron chi connectivity index (χ3n) is 4.74. The first-order chi connectivity index (χ1) is 16.0. The number of nitrogens with zero attached hydrogens (tertiary/aromatic N) is 5. The first kappa shape index (κ1) is 24.8. The number of amides is 2. The minimum Gasteiger partial charge on any atom is -0.394 e. The number of H-pyrrole nitrogens is 1. The molecule has 0 spiro atoms. The Kier molecular flexibility index (Phi) is 7.27. The van der Waals surface area contributed by atoms with Crippen LogP contribution in [0.5, 0.6) is 0 Å². The van der Waals surface area contributed by atoms with Gasteiger partial charge in [0.25, 0.3) is 11.9 Å². The first-order valence-corrected chi connectivity index (χ1v) is 9.96. The van der Waals surface area contributed by atoms with E-state index in [2.05, 4.69) is 25.3 Å². The largest absolute Gasteiger partial charge is 0.416 e. The van der Waals surface area contributed by atoms with Crippen LogP contribution in [0, 0.1) is 0 Å². The van der Waals surface area contributed by atoms with Crippen LogP contribution in [0.1, 0.15) is 34.6 Å². The summed E-state index contributed by atoms with van der Waals surface area (Å²) < 4.78 is 39.0. The Labute approximate surface area is 192 Å². The van der Waals surface area contributed by atoms with Crippen LogP contribution in [-0.2, 0) is 11.0 Å². The number of carbonyl (C=O) groups is 2. The van der Waals surface area contributed by atoms with E-state index in [1.165, 1.54) is 47.7 Å². The number of aliphatic hydroxyl groups excluding tert-OH is 1. The minimum absolute atomic E-state index is 0.0680. The number of nitrogens with one attached hydrogen (secondary N) is 2. The average molecular weight is 477 g/mol. The zero-order chi connectivity index (χ0) is 25.0. The number of alkyl halides is 3. The molecule has 2 heterocycles. The van der Waals surface area contributed by atoms with Gasteiger partial charge in [-0.3, -0.25) is 9.59 Å². The molecule has 0 bridgehead atoms. The van der Waals surface area contributed by atoms with Gasteiger partial charge >= 0.3 is 6.18 Å². The highest BCUT2D eigenvalue weighted by Gasteiger charge is 2.31. The van der Waals surface area contributed by atoms with Gasteiger partial charge in [-0.2, -0.15) is 23.1 Å². The summed E-state index contributed by atoms with van der Waals surface area (Å²) >= 11 is 0. The molecular weight excluding hydrogens is 455 g/mol. The second-order valence-corrected chi connectivity index (χ2v) is 7.42. The highest BCUT2D eigenvalue weighted by Crippen LogP contribution is 2.31. The SMILES string of the molecule is CC(=O)N(c1ncnc(-c2c[nH]c(C(=O)N[C@@H](CO)c3cccc(C(F)(F)F)c3)c2)n1)N(C)C. The summed E-state index contributed by atoms with van der Waals surface area (Å²) in [6, 6.07) is 4.74. The van der Waals surface area contributed by atoms with E-state index in [1.807, 2.05) is 0 Å². The molecule has 1 aromatic carbocycles. The van der Waals surface area contributed by atoms with Gasteiger partial charge in [-0.1, -0.05) is 12.1 Å². The normalized spacial score (nSPS) is 12.5. The van der Waals surface area contributed by atoms with E-state index in [4.69, 9.17) is 0 Å². The topological polar surface area (TPSA) is 127 Å². The summed E-state index contributed by atoms with van der Waals surface area (Å²) in [5, 5.41) is 14.9. The van der Waals surface area contributed by atoms with Crippen molar-refractivity contribution in [2.75, 3.05) is 25.7 Å². The lowest BCUT2D eigenvalue weighted by Crippen LogP contribution is -2.41. The lowest BCUT2D eigenvalue weighted by Gasteiger charge is -2.25. The smallest absolute Gasteiger partial charge is 0.394 e. The van der Waals surface area contributed by atoms with Crippen LogP contribution >= 0.6 is 0 Å². The number of benzene rings is 1. The summed E-state index contributed by atoms with van der Waals surface area (Å²) in [5.74, 6) is -0.707. The molecule has 0 aliphatic rings. The molecule has 3 rings (SSSR count). The number of aromatic nitrogens is 4. The van der Waals surface area contributed by atoms with Crippen molar-refractivity contribution in [3.8, 4) is 11.4 Å². The number of rotatable bonds is 7. The van der Waals surface area contributed by atoms with Gasteiger partial charge in [0.05, 0.1) is 18.2 Å². The fourth-order valence-corrected chi connectivity index (χ4v) is 3.19. The average Bonchev–Trinajstić information content (AvgIpc) is 3.27. The van der Waals surface area contributed by atoms with Gasteiger partial charge in [-0.15, -0.1) is 0 Å². The Bertz CT molecular complexity index is 1180. The van der Waals surface area contributed by atoms with Gasteiger partial charge < -0.3 is 15.4 Å². The molecule has 180 valence electrons. The molecule has 0 fully saturated rings. The zero-order valence-electron chi connectivity index (χ0n) is 18.5. The van der Waals surface area contributed by atoms with E-state index in [0.29, 0.717) is 5.56 Å². The van der Waals surface area contributed by atoms with Crippen LogP contribution in [-0.4, -0.2) is 62.6 Å². The molecule has 0 aliphatic carbocycles. The van der Waals surface area contributed by atoms with E-state index in [-0.39, 0.29) is 28.9 Å². The molecule has 1 atom stereocenters. The van der Waals surface area contributed by atoms with Crippen molar-refractivity contribution < 1.29 is 27.9 Å². The fraction of sp³-hybridized carbons (Fsp3) is 0.286. The predicted molar refractivity (Wildman–Crippen MR) is 115 cm³/mol. The van der Waals surface area contributed by atoms with Crippen LogP contribution < -0.4 is 10.3 Å². The van der Waals surface area contributed by atoms with Crippen molar-refractivity contribution in [2.45, 2.75) is 19.1 Å². The summed E-state index contributed by atoms with van der Waals surface area (Å²) in [6.45, 7) is 0.743. The molecular formula is C21H22F3N7O3. The molecule has 3 N–H and O–H groups in total. The Hall–Kier alpha value is -3.84. The highest BCUT2D eigenvalue weighted by molar-refractivity contribution is 5.94. The lowest BCUT2D eigenvalue weighted by molar-refractivity contribution is -0.137. The third kappa shape index (κ3) is 5.55. The molecule has 0 unspecified atom stereocenters. The highest BCUT2D eigenvalue weighted by atomic mass is 19.4. The van der Waals surface area contributed by atoms with Crippen LogP contribution in [0.25, 0.3) is 11.4 Å². The second kappa shape index (κ2) is 9.97. The number of hydrazine groups is 1. The van der Waals surface area contributed by atoms with Gasteiger partial charge in [0, 0.05) is 32.8 Å². The summed E-state index contributed by atoms with van der Waals surface area (Å²) in [6.07, 6.45) is -1.87. The maximum atomic E-state index is 13.0. The molecule has 34 heavy (non-hydrogen) atoms. The number of aliphatic hydroxyl groups is 1. The standard InChI is InChI=1S/C21H22F3N7O3/c1-12(33)31(30(2)3)20-27-11-26-18(29-20)14-8-16(25-9-14)19(34)28-17(10-32)13-5-4-6-15(7-13)21(22,23)24/h4-9,11,17,25,32H,10H2,1-3H3,(H,28,34)/t17-/m0/s1. The van der Waals surface area contributed by atoms with Crippen LogP contribution in [0.3, 0.4) is 0 Å². The van der Waals surface area contributed by atoms with Crippen molar-refractivity contribution in [3.05, 3.63) is 59.7 Å². The molecule has 0 saturated heterocycles. The molecule has 3 aromatic rings. The van der Waals surface area contributed by atoms with Crippen LogP contribution in [0.4, 0.5) is 19.1 Å². The molecule has 2 aromatic heterocycles. The van der Waals surface area contributed by atoms with E-state index in [1.54, 1.807) is 14.1 Å². The summed E-state index contributed by atoms with van der Waals surface area (Å²) in [5.41, 5.74) is -0.301. The number of aromatic amines is 1. The van der Waals surface area contributed by atoms with E-state index in [0.717, 1.165) is 12.1 Å². The monoisotopic (exact) mass is 477 g/mol. The van der Waals surface area contributed by atoms with Crippen molar-refractivity contribution in [1.29, 1.82) is 0 Å². The number of halogens is 3. The van der Waals surface area contributed by atoms with Gasteiger partial charge in [0.15, 0.2) is 5.82 Å². The van der Waals surface area contributed by atoms with E-state index < -0.39 is 30.3 Å². The Morgan fingerprint density at radius 3 is 2.56 bits per heavy atom. The number of hydrogen-bond acceptors (Lipinski definition) is 7. The van der Waals surface area contributed by atoms with Crippen LogP contribution in [0.15, 0.2) is 42.9 Å². The fourth-order valence-electron chi connectivity index (χ4n) is 3.19. The summed E-state index contributed by atoms with van der Waals surface area (Å²) in [4.78, 5) is 39.6. The summed E-state index contributed by atoms with van der Waals surface area (Å²) in [7, 11) is 3.29. The van der Waals surface area contributed by atoms with Gasteiger partial charge in [0.2, 0.25) is 5.91 Å². The molecule has 0 radical (unpaired) electrons.